The molecule has 0 fully saturated rings. The van der Waals surface area contributed by atoms with Gasteiger partial charge in [-0.25, -0.2) is 0 Å². The fraction of sp³-hybridized carbons (Fsp3) is 0.643. The van der Waals surface area contributed by atoms with Gasteiger partial charge in [0.15, 0.2) is 0 Å². The van der Waals surface area contributed by atoms with E-state index in [1.165, 1.54) is 15.3 Å². The second kappa shape index (κ2) is 6.34. The summed E-state index contributed by atoms with van der Waals surface area (Å²) in [6.07, 6.45) is 0. The van der Waals surface area contributed by atoms with E-state index in [0.717, 1.165) is 0 Å². The monoisotopic (exact) mass is 268 g/mol. The van der Waals surface area contributed by atoms with Crippen molar-refractivity contribution in [1.82, 2.24) is 10.2 Å². The standard InChI is InChI=1S/C14H24N2OS/c1-9(2)16(6)14(17)8-15-11(4)13-7-10(3)18-12(13)5/h7,9,11,15H,8H2,1-6H3. The summed E-state index contributed by atoms with van der Waals surface area (Å²) in [4.78, 5) is 16.3. The lowest BCUT2D eigenvalue weighted by molar-refractivity contribution is -0.130. The summed E-state index contributed by atoms with van der Waals surface area (Å²) in [5, 5.41) is 3.30. The zero-order chi connectivity index (χ0) is 13.9. The van der Waals surface area contributed by atoms with Gasteiger partial charge in [0.25, 0.3) is 0 Å². The lowest BCUT2D eigenvalue weighted by atomic mass is 10.1. The second-order valence-electron chi connectivity index (χ2n) is 5.07. The number of likely N-dealkylation sites (N-methyl/N-ethyl adjacent to an activating group) is 1. The van der Waals surface area contributed by atoms with E-state index in [2.05, 4.69) is 32.2 Å². The highest BCUT2D eigenvalue weighted by Gasteiger charge is 2.15. The first-order valence-electron chi connectivity index (χ1n) is 6.39. The highest BCUT2D eigenvalue weighted by Crippen LogP contribution is 2.25. The Bertz CT molecular complexity index is 412. The summed E-state index contributed by atoms with van der Waals surface area (Å²) < 4.78 is 0. The van der Waals surface area contributed by atoms with E-state index in [0.29, 0.717) is 6.54 Å². The van der Waals surface area contributed by atoms with Crippen molar-refractivity contribution in [2.45, 2.75) is 46.7 Å². The van der Waals surface area contributed by atoms with Crippen LogP contribution >= 0.6 is 11.3 Å². The van der Waals surface area contributed by atoms with Gasteiger partial charge in [0.05, 0.1) is 6.54 Å². The van der Waals surface area contributed by atoms with Gasteiger partial charge in [0.1, 0.15) is 0 Å². The summed E-state index contributed by atoms with van der Waals surface area (Å²) in [7, 11) is 1.85. The Kier molecular flexibility index (Phi) is 5.35. The fourth-order valence-electron chi connectivity index (χ4n) is 1.84. The SMILES string of the molecule is Cc1cc(C(C)NCC(=O)N(C)C(C)C)c(C)s1. The van der Waals surface area contributed by atoms with Gasteiger partial charge in [-0.3, -0.25) is 4.79 Å². The van der Waals surface area contributed by atoms with E-state index >= 15 is 0 Å². The van der Waals surface area contributed by atoms with Gasteiger partial charge in [0, 0.05) is 28.9 Å². The molecule has 0 bridgehead atoms. The Morgan fingerprint density at radius 1 is 1.39 bits per heavy atom. The Balaban J connectivity index is 2.54. The summed E-state index contributed by atoms with van der Waals surface area (Å²) in [6, 6.07) is 2.67. The van der Waals surface area contributed by atoms with Crippen LogP contribution in [0.1, 0.15) is 42.1 Å². The quantitative estimate of drug-likeness (QED) is 0.890. The first-order valence-corrected chi connectivity index (χ1v) is 7.20. The summed E-state index contributed by atoms with van der Waals surface area (Å²) in [6.45, 7) is 10.8. The molecule has 1 rings (SSSR count). The normalized spacial score (nSPS) is 12.8. The predicted octanol–water partition coefficient (Wildman–Crippen LogP) is 2.88. The van der Waals surface area contributed by atoms with E-state index in [1.807, 2.05) is 32.2 Å². The van der Waals surface area contributed by atoms with Crippen molar-refractivity contribution in [2.24, 2.45) is 0 Å². The van der Waals surface area contributed by atoms with Crippen LogP contribution in [-0.4, -0.2) is 30.4 Å². The smallest absolute Gasteiger partial charge is 0.236 e. The van der Waals surface area contributed by atoms with Crippen molar-refractivity contribution in [3.8, 4) is 0 Å². The maximum atomic E-state index is 11.9. The first kappa shape index (κ1) is 15.2. The summed E-state index contributed by atoms with van der Waals surface area (Å²) >= 11 is 1.81. The molecule has 3 nitrogen and oxygen atoms in total. The average molecular weight is 268 g/mol. The van der Waals surface area contributed by atoms with Gasteiger partial charge in [-0.1, -0.05) is 0 Å². The molecule has 1 aromatic rings. The number of carbonyl (C=O) groups excluding carboxylic acids is 1. The highest BCUT2D eigenvalue weighted by molar-refractivity contribution is 7.12. The van der Waals surface area contributed by atoms with Crippen LogP contribution in [0.3, 0.4) is 0 Å². The Hall–Kier alpha value is -0.870. The van der Waals surface area contributed by atoms with Crippen LogP contribution in [0.2, 0.25) is 0 Å². The number of amides is 1. The molecule has 1 atom stereocenters. The van der Waals surface area contributed by atoms with E-state index in [9.17, 15) is 4.79 Å². The highest BCUT2D eigenvalue weighted by atomic mass is 32.1. The molecule has 0 aliphatic heterocycles. The Labute approximate surface area is 114 Å². The zero-order valence-electron chi connectivity index (χ0n) is 12.2. The molecule has 1 N–H and O–H groups in total. The van der Waals surface area contributed by atoms with Gasteiger partial charge in [-0.2, -0.15) is 0 Å². The third kappa shape index (κ3) is 3.82. The lowest BCUT2D eigenvalue weighted by Crippen LogP contribution is -2.40. The number of carbonyl (C=O) groups is 1. The molecular weight excluding hydrogens is 244 g/mol. The topological polar surface area (TPSA) is 32.3 Å². The fourth-order valence-corrected chi connectivity index (χ4v) is 2.87. The molecule has 0 aliphatic carbocycles. The molecule has 1 aromatic heterocycles. The largest absolute Gasteiger partial charge is 0.342 e. The molecule has 18 heavy (non-hydrogen) atoms. The van der Waals surface area contributed by atoms with Crippen LogP contribution in [0.4, 0.5) is 0 Å². The molecular formula is C14H24N2OS. The first-order chi connectivity index (χ1) is 8.32. The molecule has 0 aromatic carbocycles. The van der Waals surface area contributed by atoms with Gasteiger partial charge >= 0.3 is 0 Å². The third-order valence-electron chi connectivity index (χ3n) is 3.27. The molecule has 1 heterocycles. The van der Waals surface area contributed by atoms with Gasteiger partial charge in [-0.05, 0) is 46.2 Å². The van der Waals surface area contributed by atoms with Crippen LogP contribution in [0, 0.1) is 13.8 Å². The molecule has 0 spiro atoms. The number of hydrogen-bond donors (Lipinski definition) is 1. The molecule has 4 heteroatoms. The molecule has 0 saturated carbocycles. The van der Waals surface area contributed by atoms with E-state index < -0.39 is 0 Å². The third-order valence-corrected chi connectivity index (χ3v) is 4.26. The van der Waals surface area contributed by atoms with Crippen molar-refractivity contribution >= 4 is 17.2 Å². The maximum absolute atomic E-state index is 11.9. The minimum Gasteiger partial charge on any atom is -0.342 e. The average Bonchev–Trinajstić information content (AvgIpc) is 2.63. The molecule has 0 radical (unpaired) electrons. The van der Waals surface area contributed by atoms with Crippen molar-refractivity contribution in [3.05, 3.63) is 21.4 Å². The molecule has 102 valence electrons. The molecule has 0 aliphatic rings. The Morgan fingerprint density at radius 3 is 2.44 bits per heavy atom. The number of thiophene rings is 1. The number of rotatable bonds is 5. The number of aryl methyl sites for hydroxylation is 2. The van der Waals surface area contributed by atoms with Crippen LogP contribution in [0.25, 0.3) is 0 Å². The van der Waals surface area contributed by atoms with Gasteiger partial charge in [0.2, 0.25) is 5.91 Å². The molecule has 0 saturated heterocycles. The van der Waals surface area contributed by atoms with Crippen LogP contribution in [0.15, 0.2) is 6.07 Å². The van der Waals surface area contributed by atoms with Gasteiger partial charge < -0.3 is 10.2 Å². The molecule has 1 unspecified atom stereocenters. The van der Waals surface area contributed by atoms with E-state index in [1.54, 1.807) is 4.90 Å². The van der Waals surface area contributed by atoms with E-state index in [-0.39, 0.29) is 18.0 Å². The minimum absolute atomic E-state index is 0.140. The summed E-state index contributed by atoms with van der Waals surface area (Å²) in [5.41, 5.74) is 1.30. The second-order valence-corrected chi connectivity index (χ2v) is 6.53. The number of nitrogens with zero attached hydrogens (tertiary/aromatic N) is 1. The van der Waals surface area contributed by atoms with Crippen LogP contribution in [-0.2, 0) is 4.79 Å². The number of hydrogen-bond acceptors (Lipinski definition) is 3. The van der Waals surface area contributed by atoms with Gasteiger partial charge in [-0.15, -0.1) is 11.3 Å². The van der Waals surface area contributed by atoms with Crippen LogP contribution < -0.4 is 5.32 Å². The zero-order valence-corrected chi connectivity index (χ0v) is 13.0. The van der Waals surface area contributed by atoms with Crippen LogP contribution in [0.5, 0.6) is 0 Å². The molecule has 1 amide bonds. The van der Waals surface area contributed by atoms with Crippen molar-refractivity contribution in [3.63, 3.8) is 0 Å². The van der Waals surface area contributed by atoms with Crippen molar-refractivity contribution in [2.75, 3.05) is 13.6 Å². The van der Waals surface area contributed by atoms with E-state index in [4.69, 9.17) is 0 Å². The number of nitrogens with one attached hydrogen (secondary N) is 1. The van der Waals surface area contributed by atoms with Crippen molar-refractivity contribution in [1.29, 1.82) is 0 Å². The summed E-state index contributed by atoms with van der Waals surface area (Å²) in [5.74, 6) is 0.140. The minimum atomic E-state index is 0.140. The Morgan fingerprint density at radius 2 is 2.00 bits per heavy atom. The maximum Gasteiger partial charge on any atom is 0.236 e. The predicted molar refractivity (Wildman–Crippen MR) is 78.1 cm³/mol. The van der Waals surface area contributed by atoms with Crippen molar-refractivity contribution < 1.29 is 4.79 Å². The lowest BCUT2D eigenvalue weighted by Gasteiger charge is -2.23.